The molecule has 0 saturated heterocycles. The number of phosphoric ester groups is 1. The van der Waals surface area contributed by atoms with Crippen LogP contribution in [0.1, 0.15) is 132 Å². The zero-order valence-electron chi connectivity index (χ0n) is 28.6. The molecule has 0 aromatic rings. The number of allylic oxidation sites excluding steroid dienone is 13. The molecule has 0 aromatic carbocycles. The van der Waals surface area contributed by atoms with Crippen LogP contribution in [0.25, 0.3) is 0 Å². The Kier molecular flexibility index (Phi) is 22.9. The Bertz CT molecular complexity index is 1160. The van der Waals surface area contributed by atoms with Crippen molar-refractivity contribution in [3.8, 4) is 0 Å². The number of hydrogen-bond donors (Lipinski definition) is 3. The molecule has 7 nitrogen and oxygen atoms in total. The minimum Gasteiger partial charge on any atom is -0.302 e. The van der Waals surface area contributed by atoms with Gasteiger partial charge in [0.1, 0.15) is 0 Å². The summed E-state index contributed by atoms with van der Waals surface area (Å²) in [6, 6.07) is 0. The third-order valence-electron chi connectivity index (χ3n) is 7.13. The highest BCUT2D eigenvalue weighted by molar-refractivity contribution is 7.60. The Morgan fingerprint density at radius 3 is 1.02 bits per heavy atom. The predicted octanol–water partition coefficient (Wildman–Crippen LogP) is 11.5. The summed E-state index contributed by atoms with van der Waals surface area (Å²) in [6.45, 7) is 17.0. The van der Waals surface area contributed by atoms with Crippen LogP contribution in [0, 0.1) is 0 Å². The van der Waals surface area contributed by atoms with E-state index in [1.165, 1.54) is 33.4 Å². The quantitative estimate of drug-likeness (QED) is 0.0569. The van der Waals surface area contributed by atoms with Crippen molar-refractivity contribution in [3.05, 3.63) is 81.5 Å². The third-order valence-corrected chi connectivity index (χ3v) is 9.28. The van der Waals surface area contributed by atoms with Crippen molar-refractivity contribution in [2.24, 2.45) is 0 Å². The number of hydrogen-bond acceptors (Lipinski definition) is 4. The van der Waals surface area contributed by atoms with Gasteiger partial charge in [0.25, 0.3) is 0 Å². The summed E-state index contributed by atoms with van der Waals surface area (Å²) in [7, 11) is -9.89. The van der Waals surface area contributed by atoms with Crippen LogP contribution in [-0.4, -0.2) is 21.3 Å². The van der Waals surface area contributed by atoms with Crippen molar-refractivity contribution in [3.63, 3.8) is 0 Å². The van der Waals surface area contributed by atoms with Crippen molar-refractivity contribution in [2.45, 2.75) is 132 Å². The van der Waals surface area contributed by atoms with Crippen LogP contribution in [0.4, 0.5) is 0 Å². The molecule has 252 valence electrons. The molecule has 0 fully saturated rings. The van der Waals surface area contributed by atoms with Gasteiger partial charge in [0, 0.05) is 0 Å². The zero-order chi connectivity index (χ0) is 33.6. The standard InChI is InChI=1S/C35H60O7P2/c1-29(2)15-9-16-30(3)17-10-18-31(4)19-11-20-32(5)21-12-22-33(6)23-13-24-34(7)25-14-26-35(8)27-28-41-44(39,40)42-43(36,37)38/h15,17,19,21,23,25,27H,9-14,16,18,20,22,24,26,28H2,1-8H3,(H,39,40)(H2,36,37,38)/b30-17-,31-19+,32-21-,33-23+,34-25-,35-27+/i26+1,27+1,28+1,35+1. The zero-order valence-corrected chi connectivity index (χ0v) is 30.4. The summed E-state index contributed by atoms with van der Waals surface area (Å²) in [4.78, 5) is 26.5. The molecular formula is C35H60O7P2. The van der Waals surface area contributed by atoms with E-state index in [1.54, 1.807) is 6.08 Å². The van der Waals surface area contributed by atoms with Crippen LogP contribution in [0.3, 0.4) is 0 Å². The van der Waals surface area contributed by atoms with Crippen LogP contribution in [0.15, 0.2) is 81.5 Å². The summed E-state index contributed by atoms with van der Waals surface area (Å²) in [5.41, 5.74) is 9.52. The second-order valence-electron chi connectivity index (χ2n) is 12.2. The Morgan fingerprint density at radius 1 is 0.477 bits per heavy atom. The van der Waals surface area contributed by atoms with E-state index in [2.05, 4.69) is 93.8 Å². The molecule has 0 aliphatic carbocycles. The highest BCUT2D eigenvalue weighted by Gasteiger charge is 2.31. The van der Waals surface area contributed by atoms with Gasteiger partial charge in [0.15, 0.2) is 0 Å². The average molecular weight is 659 g/mol. The molecule has 44 heavy (non-hydrogen) atoms. The van der Waals surface area contributed by atoms with Gasteiger partial charge in [-0.05, 0) is 132 Å². The molecule has 0 bridgehead atoms. The molecule has 0 amide bonds. The first-order valence-corrected chi connectivity index (χ1v) is 18.8. The van der Waals surface area contributed by atoms with Gasteiger partial charge in [-0.2, -0.15) is 4.31 Å². The topological polar surface area (TPSA) is 113 Å². The summed E-state index contributed by atoms with van der Waals surface area (Å²) in [5.74, 6) is 0. The first-order chi connectivity index (χ1) is 20.5. The van der Waals surface area contributed by atoms with Crippen LogP contribution in [0.5, 0.6) is 0 Å². The Hall–Kier alpha value is -1.56. The Labute approximate surface area is 268 Å². The van der Waals surface area contributed by atoms with Gasteiger partial charge in [-0.3, -0.25) is 4.52 Å². The second kappa shape index (κ2) is 23.7. The molecular weight excluding hydrogens is 598 g/mol. The molecule has 0 aliphatic rings. The fourth-order valence-electron chi connectivity index (χ4n) is 4.36. The molecule has 0 aromatic heterocycles. The van der Waals surface area contributed by atoms with Gasteiger partial charge < -0.3 is 14.7 Å². The fourth-order valence-corrected chi connectivity index (χ4v) is 5.89. The lowest BCUT2D eigenvalue weighted by Gasteiger charge is -2.11. The molecule has 0 spiro atoms. The van der Waals surface area contributed by atoms with Crippen molar-refractivity contribution in [1.82, 2.24) is 0 Å². The lowest BCUT2D eigenvalue weighted by atomic mass is 10.0. The molecule has 0 heterocycles. The van der Waals surface area contributed by atoms with E-state index in [1.807, 2.05) is 6.92 Å². The smallest absolute Gasteiger partial charge is 0.302 e. The summed E-state index contributed by atoms with van der Waals surface area (Å²) >= 11 is 0. The first-order valence-electron chi connectivity index (χ1n) is 15.8. The van der Waals surface area contributed by atoms with E-state index in [9.17, 15) is 14.0 Å². The highest BCUT2D eigenvalue weighted by atomic mass is 31.3. The maximum atomic E-state index is 11.4. The molecule has 3 N–H and O–H groups in total. The maximum absolute atomic E-state index is 11.4. The normalized spacial score (nSPS) is 15.9. The van der Waals surface area contributed by atoms with E-state index in [-0.39, 0.29) is 6.61 Å². The minimum absolute atomic E-state index is 0.271. The largest absolute Gasteiger partial charge is 0.481 e. The van der Waals surface area contributed by atoms with Gasteiger partial charge in [-0.15, -0.1) is 0 Å². The van der Waals surface area contributed by atoms with Crippen LogP contribution >= 0.6 is 15.6 Å². The van der Waals surface area contributed by atoms with Gasteiger partial charge in [0.05, 0.1) is 6.61 Å². The summed E-state index contributed by atoms with van der Waals surface area (Å²) in [6.07, 6.45) is 28.2. The second-order valence-corrected chi connectivity index (χ2v) is 15.0. The monoisotopic (exact) mass is 658 g/mol. The fraction of sp³-hybridized carbons (Fsp3) is 0.600. The van der Waals surface area contributed by atoms with Crippen LogP contribution in [-0.2, 0) is 18.0 Å². The van der Waals surface area contributed by atoms with E-state index in [0.717, 1.165) is 82.6 Å². The summed E-state index contributed by atoms with van der Waals surface area (Å²) in [5, 5.41) is 0. The Balaban J connectivity index is 4.26. The SMILES string of the molecule is CC(C)=CCC/C(C)=C\CC/C(C)=C/CC/C(C)=C\CC/C(C)=C/CC/C(C)=C\C[13CH2]/[13C](C)=[13CH]/[13CH2]OP(=O)(O)OP(=O)(O)O. The predicted molar refractivity (Wildman–Crippen MR) is 186 cm³/mol. The first kappa shape index (κ1) is 42.4. The van der Waals surface area contributed by atoms with Gasteiger partial charge in [0.2, 0.25) is 0 Å². The van der Waals surface area contributed by atoms with Crippen LogP contribution < -0.4 is 0 Å². The Morgan fingerprint density at radius 2 is 0.750 bits per heavy atom. The number of phosphoric acid groups is 2. The van der Waals surface area contributed by atoms with E-state index >= 15 is 0 Å². The summed E-state index contributed by atoms with van der Waals surface area (Å²) < 4.78 is 30.4. The molecule has 0 rings (SSSR count). The van der Waals surface area contributed by atoms with Gasteiger partial charge >= 0.3 is 15.6 Å². The highest BCUT2D eigenvalue weighted by Crippen LogP contribution is 2.57. The lowest BCUT2D eigenvalue weighted by molar-refractivity contribution is 0.191. The van der Waals surface area contributed by atoms with Gasteiger partial charge in [-0.1, -0.05) is 81.5 Å². The van der Waals surface area contributed by atoms with Gasteiger partial charge in [-0.25, -0.2) is 9.13 Å². The third kappa shape index (κ3) is 28.0. The van der Waals surface area contributed by atoms with Crippen LogP contribution in [0.2, 0.25) is 0 Å². The maximum Gasteiger partial charge on any atom is 0.481 e. The average Bonchev–Trinajstić information content (AvgIpc) is 2.87. The van der Waals surface area contributed by atoms with Crippen molar-refractivity contribution in [2.75, 3.05) is 6.61 Å². The molecule has 1 unspecified atom stereocenters. The lowest BCUT2D eigenvalue weighted by Crippen LogP contribution is -1.94. The van der Waals surface area contributed by atoms with Crippen molar-refractivity contribution in [1.29, 1.82) is 0 Å². The van der Waals surface area contributed by atoms with E-state index < -0.39 is 15.6 Å². The van der Waals surface area contributed by atoms with E-state index in [4.69, 9.17) is 9.79 Å². The molecule has 0 saturated carbocycles. The molecule has 0 aliphatic heterocycles. The van der Waals surface area contributed by atoms with Crippen molar-refractivity contribution < 1.29 is 32.6 Å². The molecule has 9 heteroatoms. The van der Waals surface area contributed by atoms with Crippen molar-refractivity contribution >= 4 is 15.6 Å². The molecule has 0 radical (unpaired) electrons. The molecule has 1 atom stereocenters. The number of rotatable bonds is 23. The minimum atomic E-state index is -5.10. The van der Waals surface area contributed by atoms with E-state index in [0.29, 0.717) is 0 Å².